The fourth-order valence-corrected chi connectivity index (χ4v) is 22.1. The summed E-state index contributed by atoms with van der Waals surface area (Å²) in [4.78, 5) is 0. The molecule has 0 saturated heterocycles. The molecule has 37 heavy (non-hydrogen) atoms. The summed E-state index contributed by atoms with van der Waals surface area (Å²) in [5.74, 6) is 0.554. The van der Waals surface area contributed by atoms with Crippen LogP contribution in [0.4, 0.5) is 0 Å². The Bertz CT molecular complexity index is 664. The monoisotopic (exact) mass is 644 g/mol. The first kappa shape index (κ1) is 33.8. The average molecular weight is 644 g/mol. The number of hydrogen-bond donors (Lipinski definition) is 0. The van der Waals surface area contributed by atoms with Crippen LogP contribution >= 0.6 is 0 Å². The van der Waals surface area contributed by atoms with E-state index in [2.05, 4.69) is 61.2 Å². The molecule has 0 spiro atoms. The van der Waals surface area contributed by atoms with Gasteiger partial charge in [0.25, 0.3) is 0 Å². The number of rotatable bonds is 19. The van der Waals surface area contributed by atoms with Crippen molar-refractivity contribution < 1.29 is 14.2 Å². The van der Waals surface area contributed by atoms with Gasteiger partial charge >= 0.3 is 210 Å². The zero-order chi connectivity index (χ0) is 27.5. The third-order valence-corrected chi connectivity index (χ3v) is 25.5. The summed E-state index contributed by atoms with van der Waals surface area (Å²) >= 11 is -2.30. The van der Waals surface area contributed by atoms with Gasteiger partial charge in [0.15, 0.2) is 0 Å². The molecule has 3 atom stereocenters. The van der Waals surface area contributed by atoms with Crippen molar-refractivity contribution in [2.45, 2.75) is 157 Å². The maximum absolute atomic E-state index is 7.12. The van der Waals surface area contributed by atoms with E-state index in [1.54, 1.807) is 11.1 Å². The Labute approximate surface area is 237 Å². The molecule has 3 nitrogen and oxygen atoms in total. The van der Waals surface area contributed by atoms with Gasteiger partial charge in [0.05, 0.1) is 0 Å². The van der Waals surface area contributed by atoms with E-state index in [9.17, 15) is 0 Å². The van der Waals surface area contributed by atoms with Crippen LogP contribution in [0.25, 0.3) is 0 Å². The van der Waals surface area contributed by atoms with Crippen molar-refractivity contribution in [2.75, 3.05) is 18.0 Å². The maximum atomic E-state index is 7.12. The van der Waals surface area contributed by atoms with Crippen molar-refractivity contribution in [3.63, 3.8) is 0 Å². The van der Waals surface area contributed by atoms with Crippen molar-refractivity contribution in [3.8, 4) is 0 Å². The van der Waals surface area contributed by atoms with E-state index in [0.717, 1.165) is 17.7 Å². The summed E-state index contributed by atoms with van der Waals surface area (Å²) in [6, 6.07) is 1.21. The number of fused-ring (bicyclic) bond motifs is 1. The zero-order valence-corrected chi connectivity index (χ0v) is 30.3. The van der Waals surface area contributed by atoms with Crippen LogP contribution in [0, 0.1) is 11.3 Å². The molecule has 2 aliphatic rings. The molecule has 0 heterocycles. The second-order valence-corrected chi connectivity index (χ2v) is 33.5. The summed E-state index contributed by atoms with van der Waals surface area (Å²) < 4.78 is 25.3. The molecule has 0 aliphatic heterocycles. The van der Waals surface area contributed by atoms with Gasteiger partial charge < -0.3 is 0 Å². The molecule has 1 saturated carbocycles. The summed E-state index contributed by atoms with van der Waals surface area (Å²) in [7, 11) is -1.05. The standard InChI is InChI=1S/C20H37O3Si.3C4H9.Sn/c1-15(2)19-16-8-9-18(20(16,3)11-10-17(19)21-4)23-14-22-12-13-24(5,6)7;3*1-3-4-2;/h15,17-18H,4,8-14H2,1-3,5-7H3;3*1,3-4H2,2H3;/t17-,18-,20-;;;;/m0..../s1. The number of unbranched alkanes of at least 4 members (excludes halogenated alkanes) is 3. The Morgan fingerprint density at radius 2 is 1.51 bits per heavy atom. The van der Waals surface area contributed by atoms with Gasteiger partial charge in [0, 0.05) is 8.07 Å². The van der Waals surface area contributed by atoms with Crippen molar-refractivity contribution in [1.82, 2.24) is 0 Å². The molecule has 0 aromatic rings. The molecule has 0 unspecified atom stereocenters. The molecule has 5 heteroatoms. The fourth-order valence-electron chi connectivity index (χ4n) is 6.89. The smallest absolute Gasteiger partial charge is 0.0695 e. The van der Waals surface area contributed by atoms with Gasteiger partial charge in [-0.2, -0.15) is 0 Å². The van der Waals surface area contributed by atoms with Crippen LogP contribution in [0.2, 0.25) is 39.0 Å². The minimum Gasteiger partial charge on any atom is -0.0695 e. The number of ether oxygens (including phenoxy) is 3. The Morgan fingerprint density at radius 3 is 2.03 bits per heavy atom. The second kappa shape index (κ2) is 16.2. The predicted octanol–water partition coefficient (Wildman–Crippen LogP) is 10.0. The summed E-state index contributed by atoms with van der Waals surface area (Å²) in [5, 5.41) is 0. The quantitative estimate of drug-likeness (QED) is 0.0607. The Morgan fingerprint density at radius 1 is 0.919 bits per heavy atom. The number of hydrogen-bond acceptors (Lipinski definition) is 3. The molecule has 0 bridgehead atoms. The van der Waals surface area contributed by atoms with E-state index in [-0.39, 0.29) is 5.41 Å². The topological polar surface area (TPSA) is 27.7 Å². The Balaban J connectivity index is 2.12. The molecule has 218 valence electrons. The van der Waals surface area contributed by atoms with Crippen LogP contribution in [-0.4, -0.2) is 56.7 Å². The van der Waals surface area contributed by atoms with E-state index in [0.29, 0.717) is 24.9 Å². The molecule has 0 N–H and O–H groups in total. The van der Waals surface area contributed by atoms with Gasteiger partial charge in [0.2, 0.25) is 0 Å². The van der Waals surface area contributed by atoms with Crippen LogP contribution in [0.15, 0.2) is 11.1 Å². The summed E-state index contributed by atoms with van der Waals surface area (Å²) in [6.45, 7) is 22.9. The van der Waals surface area contributed by atoms with Crippen molar-refractivity contribution in [1.29, 1.82) is 0 Å². The first-order chi connectivity index (χ1) is 17.5. The molecule has 0 aromatic carbocycles. The summed E-state index contributed by atoms with van der Waals surface area (Å²) in [6.07, 6.45) is 13.6. The normalized spacial score (nSPS) is 24.8. The first-order valence-electron chi connectivity index (χ1n) is 16.1. The van der Waals surface area contributed by atoms with E-state index < -0.39 is 26.5 Å². The van der Waals surface area contributed by atoms with Crippen molar-refractivity contribution in [2.24, 2.45) is 11.3 Å². The Kier molecular flexibility index (Phi) is 14.8. The van der Waals surface area contributed by atoms with E-state index in [4.69, 9.17) is 14.2 Å². The third-order valence-electron chi connectivity index (χ3n) is 9.42. The predicted molar refractivity (Wildman–Crippen MR) is 167 cm³/mol. The Hall–Kier alpha value is 0.636. The van der Waals surface area contributed by atoms with Gasteiger partial charge in [-0.25, -0.2) is 0 Å². The van der Waals surface area contributed by atoms with Crippen molar-refractivity contribution in [3.05, 3.63) is 11.1 Å². The molecule has 2 rings (SSSR count). The van der Waals surface area contributed by atoms with Gasteiger partial charge in [-0.05, 0) is 0 Å². The minimum atomic E-state index is -2.30. The van der Waals surface area contributed by atoms with Gasteiger partial charge in [-0.15, -0.1) is 0 Å². The molecule has 0 amide bonds. The SMILES string of the molecule is CCC[CH2][Sn]([CH2]CCC)([CH2]CCC)[CH2]O[C@H]1CC[C@@]2(C)C(=C1C(C)C)CC[C@@H]2OCOCC[Si](C)(C)C. The minimum absolute atomic E-state index is 0.161. The summed E-state index contributed by atoms with van der Waals surface area (Å²) in [5.41, 5.74) is 3.48. The average Bonchev–Trinajstić information content (AvgIpc) is 3.17. The van der Waals surface area contributed by atoms with Gasteiger partial charge in [0.1, 0.15) is 0 Å². The van der Waals surface area contributed by atoms with E-state index in [1.165, 1.54) is 77.1 Å². The molecule has 2 aliphatic carbocycles. The first-order valence-corrected chi connectivity index (χ1v) is 27.8. The molecule has 1 fully saturated rings. The molecule has 0 aromatic heterocycles. The zero-order valence-electron chi connectivity index (χ0n) is 26.5. The second-order valence-electron chi connectivity index (χ2n) is 14.2. The van der Waals surface area contributed by atoms with E-state index >= 15 is 0 Å². The van der Waals surface area contributed by atoms with E-state index in [1.807, 2.05) is 0 Å². The van der Waals surface area contributed by atoms with Crippen LogP contribution in [0.1, 0.15) is 106 Å². The van der Waals surface area contributed by atoms with Gasteiger partial charge in [-0.3, -0.25) is 0 Å². The van der Waals surface area contributed by atoms with Gasteiger partial charge in [-0.1, -0.05) is 19.6 Å². The molecule has 0 radical (unpaired) electrons. The van der Waals surface area contributed by atoms with Crippen LogP contribution < -0.4 is 0 Å². The van der Waals surface area contributed by atoms with Crippen LogP contribution in [0.3, 0.4) is 0 Å². The fraction of sp³-hybridized carbons (Fsp3) is 0.938. The molecular formula is C32H64O3SiSn. The van der Waals surface area contributed by atoms with Crippen LogP contribution in [0.5, 0.6) is 0 Å². The van der Waals surface area contributed by atoms with Crippen molar-refractivity contribution >= 4 is 26.5 Å². The third kappa shape index (κ3) is 10.2. The molecular weight excluding hydrogens is 579 g/mol. The van der Waals surface area contributed by atoms with Crippen LogP contribution in [-0.2, 0) is 14.2 Å².